The lowest BCUT2D eigenvalue weighted by atomic mass is 10.1. The monoisotopic (exact) mass is 361 g/mol. The number of hydrogen-bond acceptors (Lipinski definition) is 2. The van der Waals surface area contributed by atoms with E-state index in [-0.39, 0.29) is 11.8 Å². The minimum Gasteiger partial charge on any atom is -0.342 e. The summed E-state index contributed by atoms with van der Waals surface area (Å²) in [7, 11) is 0. The Kier molecular flexibility index (Phi) is 4.97. The third-order valence-corrected chi connectivity index (χ3v) is 5.32. The molecule has 1 aromatic heterocycles. The number of amides is 1. The van der Waals surface area contributed by atoms with Gasteiger partial charge in [-0.3, -0.25) is 4.79 Å². The first-order valence-electron chi connectivity index (χ1n) is 9.88. The van der Waals surface area contributed by atoms with Gasteiger partial charge in [0.1, 0.15) is 5.82 Å². The van der Waals surface area contributed by atoms with Gasteiger partial charge in [-0.1, -0.05) is 56.3 Å². The molecule has 0 spiro atoms. The Balaban J connectivity index is 1.54. The van der Waals surface area contributed by atoms with Gasteiger partial charge < -0.3 is 9.47 Å². The summed E-state index contributed by atoms with van der Waals surface area (Å²) in [5.41, 5.74) is 3.49. The molecule has 0 N–H and O–H groups in total. The van der Waals surface area contributed by atoms with Gasteiger partial charge in [-0.25, -0.2) is 4.98 Å². The van der Waals surface area contributed by atoms with Crippen LogP contribution in [0.1, 0.15) is 37.6 Å². The van der Waals surface area contributed by atoms with Crippen molar-refractivity contribution in [1.29, 1.82) is 0 Å². The molecule has 0 radical (unpaired) electrons. The molecule has 1 saturated heterocycles. The summed E-state index contributed by atoms with van der Waals surface area (Å²) >= 11 is 0. The molecule has 1 fully saturated rings. The first-order chi connectivity index (χ1) is 13.1. The van der Waals surface area contributed by atoms with E-state index >= 15 is 0 Å². The quantitative estimate of drug-likeness (QED) is 0.658. The molecule has 0 aliphatic carbocycles. The summed E-state index contributed by atoms with van der Waals surface area (Å²) in [5, 5.41) is 0. The Bertz CT molecular complexity index is 929. The first kappa shape index (κ1) is 17.8. The second kappa shape index (κ2) is 7.55. The Morgan fingerprint density at radius 3 is 2.59 bits per heavy atom. The number of rotatable bonds is 6. The van der Waals surface area contributed by atoms with Crippen molar-refractivity contribution in [3.05, 3.63) is 66.0 Å². The Hall–Kier alpha value is -2.62. The van der Waals surface area contributed by atoms with E-state index in [4.69, 9.17) is 4.98 Å². The smallest absolute Gasteiger partial charge is 0.223 e. The summed E-state index contributed by atoms with van der Waals surface area (Å²) < 4.78 is 2.33. The maximum atomic E-state index is 12.6. The van der Waals surface area contributed by atoms with Crippen molar-refractivity contribution < 1.29 is 4.79 Å². The molecule has 0 saturated carbocycles. The van der Waals surface area contributed by atoms with Gasteiger partial charge in [0, 0.05) is 32.0 Å². The number of nitrogens with zero attached hydrogens (tertiary/aromatic N) is 3. The Morgan fingerprint density at radius 2 is 1.81 bits per heavy atom. The number of hydrogen-bond donors (Lipinski definition) is 0. The lowest BCUT2D eigenvalue weighted by Crippen LogP contribution is -2.27. The average molecular weight is 361 g/mol. The van der Waals surface area contributed by atoms with E-state index in [0.717, 1.165) is 37.4 Å². The van der Waals surface area contributed by atoms with E-state index in [9.17, 15) is 4.79 Å². The van der Waals surface area contributed by atoms with Crippen LogP contribution < -0.4 is 0 Å². The molecule has 4 nitrogen and oxygen atoms in total. The fraction of sp³-hybridized carbons (Fsp3) is 0.391. The minimum atomic E-state index is 0.180. The molecule has 0 bridgehead atoms. The third-order valence-electron chi connectivity index (χ3n) is 5.32. The molecule has 1 amide bonds. The van der Waals surface area contributed by atoms with Crippen molar-refractivity contribution in [3.8, 4) is 0 Å². The summed E-state index contributed by atoms with van der Waals surface area (Å²) in [6.45, 7) is 6.94. The molecule has 4 heteroatoms. The molecular formula is C23H27N3O. The van der Waals surface area contributed by atoms with E-state index < -0.39 is 0 Å². The summed E-state index contributed by atoms with van der Waals surface area (Å²) in [6, 6.07) is 18.7. The average Bonchev–Trinajstić information content (AvgIpc) is 3.21. The molecular weight excluding hydrogens is 334 g/mol. The zero-order valence-corrected chi connectivity index (χ0v) is 16.1. The number of benzene rings is 2. The highest BCUT2D eigenvalue weighted by Crippen LogP contribution is 2.31. The van der Waals surface area contributed by atoms with Gasteiger partial charge in [-0.2, -0.15) is 0 Å². The number of fused-ring (bicyclic) bond motifs is 1. The van der Waals surface area contributed by atoms with Gasteiger partial charge in [0.05, 0.1) is 11.0 Å². The van der Waals surface area contributed by atoms with E-state index in [1.165, 1.54) is 11.1 Å². The number of likely N-dealkylation sites (tertiary alicyclic amines) is 1. The molecule has 1 aliphatic rings. The summed E-state index contributed by atoms with van der Waals surface area (Å²) in [5.74, 6) is 2.03. The largest absolute Gasteiger partial charge is 0.342 e. The standard InChI is InChI=1S/C23H27N3O/c1-17(2)15-26-21-11-7-6-10-20(21)24-23(26)19-14-22(27)25(16-19)13-12-18-8-4-3-5-9-18/h3-11,17,19H,12-16H2,1-2H3/t19-/m1/s1. The molecule has 2 aromatic carbocycles. The molecule has 27 heavy (non-hydrogen) atoms. The van der Waals surface area contributed by atoms with Crippen molar-refractivity contribution in [1.82, 2.24) is 14.5 Å². The first-order valence-corrected chi connectivity index (χ1v) is 9.88. The van der Waals surface area contributed by atoms with Crippen LogP contribution in [-0.2, 0) is 17.8 Å². The van der Waals surface area contributed by atoms with Gasteiger partial charge in [-0.15, -0.1) is 0 Å². The highest BCUT2D eigenvalue weighted by atomic mass is 16.2. The van der Waals surface area contributed by atoms with Crippen molar-refractivity contribution in [2.75, 3.05) is 13.1 Å². The van der Waals surface area contributed by atoms with Crippen LogP contribution in [-0.4, -0.2) is 33.4 Å². The molecule has 0 unspecified atom stereocenters. The van der Waals surface area contributed by atoms with Crippen molar-refractivity contribution in [2.45, 2.75) is 39.2 Å². The highest BCUT2D eigenvalue weighted by molar-refractivity contribution is 5.81. The number of carbonyl (C=O) groups excluding carboxylic acids is 1. The van der Waals surface area contributed by atoms with Gasteiger partial charge in [0.15, 0.2) is 0 Å². The Labute approximate surface area is 160 Å². The predicted octanol–water partition coefficient (Wildman–Crippen LogP) is 4.25. The van der Waals surface area contributed by atoms with Crippen LogP contribution in [0, 0.1) is 5.92 Å². The number of para-hydroxylation sites is 2. The zero-order chi connectivity index (χ0) is 18.8. The van der Waals surface area contributed by atoms with E-state index in [1.54, 1.807) is 0 Å². The highest BCUT2D eigenvalue weighted by Gasteiger charge is 2.33. The SMILES string of the molecule is CC(C)Cn1c([C@@H]2CC(=O)N(CCc3ccccc3)C2)nc2ccccc21. The van der Waals surface area contributed by atoms with Crippen LogP contribution in [0.3, 0.4) is 0 Å². The van der Waals surface area contributed by atoms with Gasteiger partial charge in [0.2, 0.25) is 5.91 Å². The van der Waals surface area contributed by atoms with Crippen LogP contribution in [0.15, 0.2) is 54.6 Å². The van der Waals surface area contributed by atoms with Crippen molar-refractivity contribution >= 4 is 16.9 Å². The van der Waals surface area contributed by atoms with Crippen LogP contribution >= 0.6 is 0 Å². The van der Waals surface area contributed by atoms with E-state index in [0.29, 0.717) is 12.3 Å². The lowest BCUT2D eigenvalue weighted by Gasteiger charge is -2.18. The molecule has 2 heterocycles. The normalized spacial score (nSPS) is 17.4. The third kappa shape index (κ3) is 3.75. The zero-order valence-electron chi connectivity index (χ0n) is 16.1. The minimum absolute atomic E-state index is 0.180. The van der Waals surface area contributed by atoms with E-state index in [2.05, 4.69) is 60.9 Å². The second-order valence-corrected chi connectivity index (χ2v) is 7.94. The van der Waals surface area contributed by atoms with Gasteiger partial charge >= 0.3 is 0 Å². The maximum absolute atomic E-state index is 12.6. The predicted molar refractivity (Wildman–Crippen MR) is 109 cm³/mol. The van der Waals surface area contributed by atoms with Crippen LogP contribution in [0.2, 0.25) is 0 Å². The van der Waals surface area contributed by atoms with Crippen molar-refractivity contribution in [2.24, 2.45) is 5.92 Å². The summed E-state index contributed by atoms with van der Waals surface area (Å²) in [4.78, 5) is 19.5. The fourth-order valence-electron chi connectivity index (χ4n) is 4.03. The molecule has 3 aromatic rings. The van der Waals surface area contributed by atoms with Crippen LogP contribution in [0.4, 0.5) is 0 Å². The number of carbonyl (C=O) groups is 1. The lowest BCUT2D eigenvalue weighted by molar-refractivity contribution is -0.127. The number of aromatic nitrogens is 2. The van der Waals surface area contributed by atoms with Gasteiger partial charge in [0.25, 0.3) is 0 Å². The summed E-state index contributed by atoms with van der Waals surface area (Å²) in [6.07, 6.45) is 1.47. The molecule has 4 rings (SSSR count). The number of imidazole rings is 1. The molecule has 1 aliphatic heterocycles. The Morgan fingerprint density at radius 1 is 1.07 bits per heavy atom. The maximum Gasteiger partial charge on any atom is 0.223 e. The molecule has 140 valence electrons. The van der Waals surface area contributed by atoms with Gasteiger partial charge in [-0.05, 0) is 30.0 Å². The second-order valence-electron chi connectivity index (χ2n) is 7.94. The van der Waals surface area contributed by atoms with Crippen molar-refractivity contribution in [3.63, 3.8) is 0 Å². The fourth-order valence-corrected chi connectivity index (χ4v) is 4.03. The van der Waals surface area contributed by atoms with Crippen LogP contribution in [0.5, 0.6) is 0 Å². The van der Waals surface area contributed by atoms with Crippen LogP contribution in [0.25, 0.3) is 11.0 Å². The molecule has 1 atom stereocenters. The van der Waals surface area contributed by atoms with E-state index in [1.807, 2.05) is 17.0 Å². The topological polar surface area (TPSA) is 38.1 Å².